The molecule has 1 aliphatic heterocycles. The predicted octanol–water partition coefficient (Wildman–Crippen LogP) is 14.2. The Hall–Kier alpha value is -1.79. The molecule has 3 aliphatic carbocycles. The molecule has 0 N–H and O–H groups in total. The van der Waals surface area contributed by atoms with Crippen LogP contribution in [0.15, 0.2) is 67.0 Å². The van der Waals surface area contributed by atoms with E-state index in [4.69, 9.17) is 0 Å². The number of hydrogen-bond donors (Lipinski definition) is 0. The van der Waals surface area contributed by atoms with E-state index in [1.54, 1.807) is 96.3 Å². The summed E-state index contributed by atoms with van der Waals surface area (Å²) < 4.78 is 0. The molecule has 0 bridgehead atoms. The van der Waals surface area contributed by atoms with Gasteiger partial charge in [0, 0.05) is 19.3 Å². The molecule has 5 heteroatoms. The summed E-state index contributed by atoms with van der Waals surface area (Å²) >= 11 is 1.82. The summed E-state index contributed by atoms with van der Waals surface area (Å²) in [4.78, 5) is 4.45. The van der Waals surface area contributed by atoms with Crippen LogP contribution in [0.1, 0.15) is 135 Å². The van der Waals surface area contributed by atoms with Crippen molar-refractivity contribution in [1.29, 1.82) is 0 Å². The van der Waals surface area contributed by atoms with E-state index in [2.05, 4.69) is 111 Å². The minimum atomic E-state index is -0.0465. The van der Waals surface area contributed by atoms with E-state index in [1.165, 1.54) is 61.7 Å². The van der Waals surface area contributed by atoms with Gasteiger partial charge in [0.25, 0.3) is 0 Å². The van der Waals surface area contributed by atoms with Crippen molar-refractivity contribution in [1.82, 2.24) is 0 Å². The summed E-state index contributed by atoms with van der Waals surface area (Å²) in [7, 11) is 4.52. The fourth-order valence-corrected chi connectivity index (χ4v) is 14.8. The summed E-state index contributed by atoms with van der Waals surface area (Å²) in [5.74, 6) is 0. The van der Waals surface area contributed by atoms with Crippen LogP contribution < -0.4 is 9.80 Å². The standard InChI is InChI=1S/C21H25N2.C18H33P.C7H7.ClH.Ru/c1-14-9-16(3)20(17(4)10-14)22-7-8-23(13-22)21-18(5)11-15(2)12-19(21)6;1-4-10-16(11-5-1)19(17-12-6-2-7-13-17)18-14-8-3-9-15-18;1-7-5-3-2-4-6-7;;/h7-13H,1-6H3;16-18H,1-15H2;2-6H,1H2;1H;/q-1;;-1;;+3. The van der Waals surface area contributed by atoms with E-state index < -0.39 is 0 Å². The van der Waals surface area contributed by atoms with Crippen LogP contribution in [-0.2, 0) is 17.3 Å². The van der Waals surface area contributed by atoms with E-state index in [9.17, 15) is 0 Å². The summed E-state index contributed by atoms with van der Waals surface area (Å²) in [6, 6.07) is 18.9. The van der Waals surface area contributed by atoms with Crippen molar-refractivity contribution in [2.75, 3.05) is 9.80 Å². The van der Waals surface area contributed by atoms with Crippen molar-refractivity contribution in [3.63, 3.8) is 0 Å². The molecular formula is C46H66ClN2PRu+. The van der Waals surface area contributed by atoms with Gasteiger partial charge in [-0.1, -0.05) is 60.7 Å². The fourth-order valence-electron chi connectivity index (χ4n) is 9.56. The van der Waals surface area contributed by atoms with Gasteiger partial charge < -0.3 is 9.80 Å². The van der Waals surface area contributed by atoms with E-state index >= 15 is 0 Å². The van der Waals surface area contributed by atoms with Gasteiger partial charge in [0.1, 0.15) is 0 Å². The Morgan fingerprint density at radius 2 is 0.863 bits per heavy atom. The molecule has 3 saturated carbocycles. The third kappa shape index (κ3) is 12.4. The van der Waals surface area contributed by atoms with Gasteiger partial charge in [0.05, 0.1) is 17.0 Å². The maximum absolute atomic E-state index is 4.57. The van der Waals surface area contributed by atoms with E-state index in [-0.39, 0.29) is 7.92 Å². The quantitative estimate of drug-likeness (QED) is 0.144. The summed E-state index contributed by atoms with van der Waals surface area (Å²) in [5, 5.41) is 0. The molecule has 7 rings (SSSR count). The zero-order chi connectivity index (χ0) is 36.8. The number of benzene rings is 3. The van der Waals surface area contributed by atoms with Gasteiger partial charge in [0.15, 0.2) is 0 Å². The van der Waals surface area contributed by atoms with Crippen LogP contribution in [0.25, 0.3) is 0 Å². The molecule has 0 spiro atoms. The second-order valence-electron chi connectivity index (χ2n) is 15.7. The molecule has 4 aliphatic rings. The summed E-state index contributed by atoms with van der Waals surface area (Å²) in [6.07, 6.45) is 28.1. The first kappa shape index (κ1) is 42.0. The van der Waals surface area contributed by atoms with Crippen LogP contribution in [0, 0.1) is 55.1 Å². The topological polar surface area (TPSA) is 6.48 Å². The van der Waals surface area contributed by atoms with Gasteiger partial charge in [-0.2, -0.15) is 24.6 Å². The van der Waals surface area contributed by atoms with Crippen LogP contribution in [0.5, 0.6) is 0 Å². The molecule has 3 aromatic carbocycles. The molecule has 0 atom stereocenters. The third-order valence-electron chi connectivity index (χ3n) is 11.5. The molecular weight excluding hydrogens is 748 g/mol. The van der Waals surface area contributed by atoms with Gasteiger partial charge >= 0.3 is 27.0 Å². The van der Waals surface area contributed by atoms with Crippen LogP contribution in [0.3, 0.4) is 0 Å². The first-order chi connectivity index (χ1) is 24.7. The summed E-state index contributed by atoms with van der Waals surface area (Å²) in [5.41, 5.74) is 15.2. The number of rotatable bonds is 5. The van der Waals surface area contributed by atoms with Crippen LogP contribution in [0.4, 0.5) is 11.4 Å². The number of hydrogen-bond acceptors (Lipinski definition) is 2. The zero-order valence-electron chi connectivity index (χ0n) is 32.6. The average Bonchev–Trinajstić information content (AvgIpc) is 3.59. The Kier molecular flexibility index (Phi) is 17.9. The molecule has 279 valence electrons. The molecule has 0 saturated heterocycles. The van der Waals surface area contributed by atoms with Gasteiger partial charge in [-0.15, -0.1) is 18.8 Å². The number of aryl methyl sites for hydroxylation is 6. The van der Waals surface area contributed by atoms with Crippen molar-refractivity contribution in [3.8, 4) is 0 Å². The molecule has 1 heterocycles. The molecule has 0 aromatic heterocycles. The van der Waals surface area contributed by atoms with E-state index in [0.29, 0.717) is 0 Å². The average molecular weight is 815 g/mol. The molecule has 0 radical (unpaired) electrons. The van der Waals surface area contributed by atoms with Crippen molar-refractivity contribution in [2.45, 2.75) is 155 Å². The minimum absolute atomic E-state index is 0.0465. The number of nitrogens with zero attached hydrogens (tertiary/aromatic N) is 2. The summed E-state index contributed by atoms with van der Waals surface area (Å²) in [6.45, 7) is 18.9. The van der Waals surface area contributed by atoms with Crippen LogP contribution in [-0.4, -0.2) is 17.0 Å². The Balaban J connectivity index is 0.000000187. The number of halogens is 1. The SMILES string of the molecule is C1CCC([PH+](C2CCCCC2)C2CCCCC2)CC1.Cc1cc(C)c(N2C=CN(c3c(C)cc(C)cc3C)[CH-]2)c(C)c1.[CH2-]c1ccccc1.[Cl][Ru+2]. The molecule has 3 fully saturated rings. The molecule has 0 amide bonds. The number of anilines is 2. The first-order valence-corrected chi connectivity index (χ1v) is 23.8. The molecule has 2 nitrogen and oxygen atoms in total. The van der Waals surface area contributed by atoms with E-state index in [1.807, 2.05) is 47.6 Å². The fraction of sp³-hybridized carbons (Fsp3) is 0.522. The second-order valence-corrected chi connectivity index (χ2v) is 19.2. The van der Waals surface area contributed by atoms with E-state index in [0.717, 1.165) is 5.56 Å². The first-order valence-electron chi connectivity index (χ1n) is 19.8. The van der Waals surface area contributed by atoms with Gasteiger partial charge in [-0.3, -0.25) is 0 Å². The van der Waals surface area contributed by atoms with Gasteiger partial charge in [-0.05, 0) is 153 Å². The normalized spacial score (nSPS) is 18.4. The Morgan fingerprint density at radius 1 is 0.549 bits per heavy atom. The molecule has 51 heavy (non-hydrogen) atoms. The van der Waals surface area contributed by atoms with Crippen molar-refractivity contribution in [2.24, 2.45) is 0 Å². The van der Waals surface area contributed by atoms with Crippen molar-refractivity contribution in [3.05, 3.63) is 120 Å². The van der Waals surface area contributed by atoms with Crippen molar-refractivity contribution >= 4 is 29.0 Å². The molecule has 3 aromatic rings. The predicted molar refractivity (Wildman–Crippen MR) is 225 cm³/mol. The monoisotopic (exact) mass is 814 g/mol. The Bertz CT molecular complexity index is 1330. The Labute approximate surface area is 328 Å². The Morgan fingerprint density at radius 3 is 1.14 bits per heavy atom. The van der Waals surface area contributed by atoms with Crippen molar-refractivity contribution < 1.29 is 17.3 Å². The van der Waals surface area contributed by atoms with Crippen LogP contribution >= 0.6 is 17.6 Å². The van der Waals surface area contributed by atoms with Crippen LogP contribution in [0.2, 0.25) is 0 Å². The maximum atomic E-state index is 4.57. The van der Waals surface area contributed by atoms with Gasteiger partial charge in [0.2, 0.25) is 0 Å². The van der Waals surface area contributed by atoms with Gasteiger partial charge in [-0.25, -0.2) is 0 Å². The second kappa shape index (κ2) is 21.8. The zero-order valence-corrected chi connectivity index (χ0v) is 36.1. The third-order valence-corrected chi connectivity index (χ3v) is 16.1. The molecule has 0 unspecified atom stereocenters.